The van der Waals surface area contributed by atoms with Crippen LogP contribution in [0.1, 0.15) is 27.7 Å². The molecule has 0 aliphatic heterocycles. The topological polar surface area (TPSA) is 157 Å². The Morgan fingerprint density at radius 2 is 1.56 bits per heavy atom. The molecule has 27 heavy (non-hydrogen) atoms. The highest BCUT2D eigenvalue weighted by atomic mass is 32.3. The van der Waals surface area contributed by atoms with Crippen LogP contribution in [0.2, 0.25) is 0 Å². The fraction of sp³-hybridized carbons (Fsp3) is 0.615. The van der Waals surface area contributed by atoms with Crippen LogP contribution >= 0.6 is 0 Å². The third-order valence-corrected chi connectivity index (χ3v) is 7.03. The first-order valence-corrected chi connectivity index (χ1v) is 11.1. The quantitative estimate of drug-likeness (QED) is 0.538. The number of carbonyl (C=O) groups is 1. The minimum atomic E-state index is -4.64. The molecule has 2 amide bonds. The number of nitrogens with zero attached hydrogens (tertiary/aromatic N) is 3. The summed E-state index contributed by atoms with van der Waals surface area (Å²) in [6, 6.07) is 0.162. The van der Waals surface area contributed by atoms with E-state index >= 15 is 0 Å². The lowest BCUT2D eigenvalue weighted by molar-refractivity contribution is 0.256. The molecule has 0 aromatic carbocycles. The molecule has 0 spiro atoms. The molecular weight excluding hydrogens is 402 g/mol. The molecule has 1 aromatic rings. The number of hydrogen-bond donors (Lipinski definition) is 2. The zero-order valence-corrected chi connectivity index (χ0v) is 17.1. The lowest BCUT2D eigenvalue weighted by Crippen LogP contribution is -2.48. The van der Waals surface area contributed by atoms with Crippen molar-refractivity contribution in [2.45, 2.75) is 27.7 Å². The third kappa shape index (κ3) is 6.48. The zero-order chi connectivity index (χ0) is 20.7. The van der Waals surface area contributed by atoms with Crippen LogP contribution in [-0.2, 0) is 20.2 Å². The molecule has 0 aliphatic rings. The van der Waals surface area contributed by atoms with E-state index in [1.807, 2.05) is 0 Å². The maximum Gasteiger partial charge on any atom is 0.336 e. The standard InChI is InChI=1S/C13H23N5O7S2/c1-5-18(26(20,21)8-4)27(22,23)17-13(19)16-12-14-10(24-6-2)9-11(15-12)25-7-3/h9H,5-8H2,1-4H3,(H2,14,15,16,17,19). The van der Waals surface area contributed by atoms with Gasteiger partial charge in [0.2, 0.25) is 27.7 Å². The molecular formula is C13H23N5O7S2. The van der Waals surface area contributed by atoms with E-state index in [1.165, 1.54) is 19.9 Å². The minimum absolute atomic E-state index is 0.109. The van der Waals surface area contributed by atoms with Gasteiger partial charge in [0.1, 0.15) is 0 Å². The highest BCUT2D eigenvalue weighted by Crippen LogP contribution is 2.18. The van der Waals surface area contributed by atoms with E-state index in [2.05, 4.69) is 15.3 Å². The fourth-order valence-corrected chi connectivity index (χ4v) is 4.89. The number of sulfonamides is 1. The van der Waals surface area contributed by atoms with E-state index in [1.54, 1.807) is 18.6 Å². The van der Waals surface area contributed by atoms with Gasteiger partial charge in [0, 0.05) is 6.54 Å². The van der Waals surface area contributed by atoms with E-state index in [0.29, 0.717) is 13.2 Å². The van der Waals surface area contributed by atoms with Crippen molar-refractivity contribution in [2.24, 2.45) is 0 Å². The smallest absolute Gasteiger partial charge is 0.336 e. The number of amides is 2. The molecule has 0 aliphatic carbocycles. The van der Waals surface area contributed by atoms with Crippen LogP contribution in [0, 0.1) is 0 Å². The summed E-state index contributed by atoms with van der Waals surface area (Å²) in [5, 5.41) is 2.11. The average molecular weight is 425 g/mol. The monoisotopic (exact) mass is 425 g/mol. The third-order valence-electron chi connectivity index (χ3n) is 2.91. The summed E-state index contributed by atoms with van der Waals surface area (Å²) in [6.07, 6.45) is 0. The largest absolute Gasteiger partial charge is 0.478 e. The van der Waals surface area contributed by atoms with Gasteiger partial charge in [-0.05, 0) is 20.8 Å². The van der Waals surface area contributed by atoms with Gasteiger partial charge in [-0.3, -0.25) is 5.32 Å². The van der Waals surface area contributed by atoms with Crippen LogP contribution in [0.15, 0.2) is 6.07 Å². The lowest BCUT2D eigenvalue weighted by Gasteiger charge is -2.19. The van der Waals surface area contributed by atoms with E-state index in [4.69, 9.17) is 9.47 Å². The van der Waals surface area contributed by atoms with E-state index in [-0.39, 0.29) is 28.0 Å². The average Bonchev–Trinajstić information content (AvgIpc) is 2.54. The Bertz CT molecular complexity index is 834. The second kappa shape index (κ2) is 9.66. The van der Waals surface area contributed by atoms with Crippen LogP contribution < -0.4 is 19.5 Å². The van der Waals surface area contributed by atoms with Crippen molar-refractivity contribution < 1.29 is 31.1 Å². The van der Waals surface area contributed by atoms with Crippen LogP contribution in [0.3, 0.4) is 0 Å². The van der Waals surface area contributed by atoms with Gasteiger partial charge in [-0.1, -0.05) is 10.6 Å². The SMILES string of the molecule is CCOc1cc(OCC)nc(NC(=O)NS(=O)(=O)N(CC)S(=O)(=O)CC)n1. The molecule has 14 heteroatoms. The van der Waals surface area contributed by atoms with Crippen LogP contribution in [0.25, 0.3) is 0 Å². The second-order valence-corrected chi connectivity index (χ2v) is 8.79. The number of hydrogen-bond acceptors (Lipinski definition) is 9. The fourth-order valence-electron chi connectivity index (χ4n) is 1.86. The zero-order valence-electron chi connectivity index (χ0n) is 15.4. The van der Waals surface area contributed by atoms with Crippen molar-refractivity contribution in [2.75, 3.05) is 30.8 Å². The summed E-state index contributed by atoms with van der Waals surface area (Å²) >= 11 is 0. The van der Waals surface area contributed by atoms with Crippen LogP contribution in [0.5, 0.6) is 11.8 Å². The van der Waals surface area contributed by atoms with Gasteiger partial charge in [-0.15, -0.1) is 0 Å². The van der Waals surface area contributed by atoms with Crippen molar-refractivity contribution in [1.29, 1.82) is 0 Å². The van der Waals surface area contributed by atoms with Gasteiger partial charge in [-0.2, -0.15) is 18.4 Å². The molecule has 0 radical (unpaired) electrons. The van der Waals surface area contributed by atoms with Gasteiger partial charge < -0.3 is 9.47 Å². The van der Waals surface area contributed by atoms with Crippen LogP contribution in [0.4, 0.5) is 10.7 Å². The van der Waals surface area contributed by atoms with Crippen molar-refractivity contribution in [3.05, 3.63) is 6.07 Å². The predicted molar refractivity (Wildman–Crippen MR) is 97.3 cm³/mol. The van der Waals surface area contributed by atoms with E-state index in [0.717, 1.165) is 0 Å². The predicted octanol–water partition coefficient (Wildman–Crippen LogP) is 0.312. The summed E-state index contributed by atoms with van der Waals surface area (Å²) in [5.74, 6) is -0.505. The number of aromatic nitrogens is 2. The number of anilines is 1. The summed E-state index contributed by atoms with van der Waals surface area (Å²) in [5.41, 5.74) is 0. The molecule has 0 saturated heterocycles. The summed E-state index contributed by atoms with van der Waals surface area (Å²) in [7, 11) is -8.72. The first-order chi connectivity index (χ1) is 12.6. The Morgan fingerprint density at radius 1 is 1.04 bits per heavy atom. The van der Waals surface area contributed by atoms with Gasteiger partial charge in [-0.25, -0.2) is 17.9 Å². The number of ether oxygens (including phenoxy) is 2. The summed E-state index contributed by atoms with van der Waals surface area (Å²) < 4.78 is 60.4. The molecule has 154 valence electrons. The first-order valence-electron chi connectivity index (χ1n) is 8.08. The Hall–Kier alpha value is -2.19. The van der Waals surface area contributed by atoms with Gasteiger partial charge in [0.25, 0.3) is 0 Å². The number of urea groups is 1. The molecule has 1 rings (SSSR count). The normalized spacial score (nSPS) is 11.9. The molecule has 0 saturated carbocycles. The molecule has 0 bridgehead atoms. The first kappa shape index (κ1) is 22.9. The molecule has 1 heterocycles. The number of nitrogens with one attached hydrogen (secondary N) is 2. The number of carbonyl (C=O) groups excluding carboxylic acids is 1. The second-order valence-electron chi connectivity index (χ2n) is 4.78. The highest BCUT2D eigenvalue weighted by Gasteiger charge is 2.32. The number of rotatable bonds is 10. The summed E-state index contributed by atoms with van der Waals surface area (Å²) in [6.45, 7) is 6.28. The Morgan fingerprint density at radius 3 is 1.96 bits per heavy atom. The molecule has 1 aromatic heterocycles. The Kier molecular flexibility index (Phi) is 8.18. The van der Waals surface area contributed by atoms with Crippen molar-refractivity contribution in [3.8, 4) is 11.8 Å². The van der Waals surface area contributed by atoms with Gasteiger partial charge >= 0.3 is 16.2 Å². The Labute approximate surface area is 158 Å². The molecule has 0 unspecified atom stereocenters. The minimum Gasteiger partial charge on any atom is -0.478 e. The highest BCUT2D eigenvalue weighted by molar-refractivity contribution is 8.03. The summed E-state index contributed by atoms with van der Waals surface area (Å²) in [4.78, 5) is 19.8. The van der Waals surface area contributed by atoms with Crippen molar-refractivity contribution >= 4 is 32.2 Å². The van der Waals surface area contributed by atoms with Crippen molar-refractivity contribution in [3.63, 3.8) is 0 Å². The van der Waals surface area contributed by atoms with Crippen LogP contribution in [-0.4, -0.2) is 62.1 Å². The van der Waals surface area contributed by atoms with Crippen molar-refractivity contribution in [1.82, 2.24) is 18.4 Å². The lowest BCUT2D eigenvalue weighted by atomic mass is 10.6. The van der Waals surface area contributed by atoms with E-state index in [9.17, 15) is 21.6 Å². The van der Waals surface area contributed by atoms with E-state index < -0.39 is 32.0 Å². The Balaban J connectivity index is 3.01. The molecule has 0 fully saturated rings. The molecule has 0 atom stereocenters. The maximum absolute atomic E-state index is 12.2. The maximum atomic E-state index is 12.2. The van der Waals surface area contributed by atoms with Gasteiger partial charge in [0.15, 0.2) is 0 Å². The molecule has 2 N–H and O–H groups in total. The molecule has 12 nitrogen and oxygen atoms in total. The van der Waals surface area contributed by atoms with Gasteiger partial charge in [0.05, 0.1) is 25.0 Å².